The first-order chi connectivity index (χ1) is 9.90. The first-order valence-corrected chi connectivity index (χ1v) is 8.87. The van der Waals surface area contributed by atoms with Crippen LogP contribution in [0.4, 0.5) is 0 Å². The van der Waals surface area contributed by atoms with Gasteiger partial charge in [0.15, 0.2) is 0 Å². The summed E-state index contributed by atoms with van der Waals surface area (Å²) >= 11 is 3.47. The molecule has 112 valence electrons. The van der Waals surface area contributed by atoms with Crippen molar-refractivity contribution in [2.75, 3.05) is 0 Å². The maximum Gasteiger partial charge on any atom is 0.0945 e. The molecule has 2 atom stereocenters. The van der Waals surface area contributed by atoms with Gasteiger partial charge in [-0.05, 0) is 43.5 Å². The van der Waals surface area contributed by atoms with Gasteiger partial charge in [0.05, 0.1) is 15.7 Å². The Morgan fingerprint density at radius 3 is 2.10 bits per heavy atom. The van der Waals surface area contributed by atoms with E-state index in [2.05, 4.69) is 40.2 Å². The van der Waals surface area contributed by atoms with Gasteiger partial charge in [0.2, 0.25) is 0 Å². The molecule has 2 N–H and O–H groups in total. The van der Waals surface area contributed by atoms with E-state index >= 15 is 0 Å². The smallest absolute Gasteiger partial charge is 0.0945 e. The monoisotopic (exact) mass is 365 g/mol. The molecule has 0 fully saturated rings. The summed E-state index contributed by atoms with van der Waals surface area (Å²) in [4.78, 5) is 0. The standard InChI is InChI=1S/C17H20BrNOS/c1-17(2,21(19)20)12-16(13-6-4-3-5-7-13)14-8-10-15(18)11-9-14/h3-11,16H,12,19H2,1-2H3/t16-,21?/m1/s1. The van der Waals surface area contributed by atoms with Gasteiger partial charge in [0.1, 0.15) is 0 Å². The van der Waals surface area contributed by atoms with Crippen molar-refractivity contribution in [1.29, 1.82) is 0 Å². The van der Waals surface area contributed by atoms with Gasteiger partial charge in [0, 0.05) is 10.4 Å². The number of benzene rings is 2. The Labute approximate surface area is 137 Å². The van der Waals surface area contributed by atoms with E-state index in [1.807, 2.05) is 44.2 Å². The van der Waals surface area contributed by atoms with Gasteiger partial charge in [-0.3, -0.25) is 5.14 Å². The van der Waals surface area contributed by atoms with Crippen molar-refractivity contribution in [3.63, 3.8) is 0 Å². The van der Waals surface area contributed by atoms with Crippen LogP contribution in [0.25, 0.3) is 0 Å². The zero-order valence-corrected chi connectivity index (χ0v) is 14.7. The lowest BCUT2D eigenvalue weighted by Crippen LogP contribution is -2.34. The predicted octanol–water partition coefficient (Wildman–Crippen LogP) is 4.37. The zero-order valence-electron chi connectivity index (χ0n) is 12.3. The third-order valence-electron chi connectivity index (χ3n) is 3.71. The number of rotatable bonds is 5. The van der Waals surface area contributed by atoms with Crippen molar-refractivity contribution in [2.45, 2.75) is 30.9 Å². The normalized spacial score (nSPS) is 14.7. The number of hydrogen-bond acceptors (Lipinski definition) is 1. The maximum absolute atomic E-state index is 11.8. The summed E-state index contributed by atoms with van der Waals surface area (Å²) in [5, 5.41) is 5.66. The van der Waals surface area contributed by atoms with Gasteiger partial charge in [-0.25, -0.2) is 4.21 Å². The van der Waals surface area contributed by atoms with Crippen molar-refractivity contribution >= 4 is 26.9 Å². The van der Waals surface area contributed by atoms with Crippen molar-refractivity contribution in [1.82, 2.24) is 0 Å². The van der Waals surface area contributed by atoms with E-state index in [0.717, 1.165) is 10.9 Å². The lowest BCUT2D eigenvalue weighted by atomic mass is 9.84. The molecule has 0 spiro atoms. The van der Waals surface area contributed by atoms with E-state index in [1.165, 1.54) is 11.1 Å². The summed E-state index contributed by atoms with van der Waals surface area (Å²) in [5.41, 5.74) is 2.43. The van der Waals surface area contributed by atoms with Crippen LogP contribution in [0.1, 0.15) is 37.3 Å². The van der Waals surface area contributed by atoms with E-state index in [-0.39, 0.29) is 5.92 Å². The molecule has 0 saturated heterocycles. The highest BCUT2D eigenvalue weighted by Gasteiger charge is 2.29. The molecule has 4 heteroatoms. The summed E-state index contributed by atoms with van der Waals surface area (Å²) in [7, 11) is -1.36. The second kappa shape index (κ2) is 6.86. The Morgan fingerprint density at radius 1 is 1.05 bits per heavy atom. The molecule has 2 aromatic rings. The van der Waals surface area contributed by atoms with E-state index in [4.69, 9.17) is 5.14 Å². The highest BCUT2D eigenvalue weighted by atomic mass is 79.9. The molecular formula is C17H20BrNOS. The molecule has 0 radical (unpaired) electrons. The van der Waals surface area contributed by atoms with Crippen LogP contribution in [-0.2, 0) is 11.0 Å². The molecule has 0 heterocycles. The maximum atomic E-state index is 11.8. The molecule has 0 aliphatic carbocycles. The molecule has 21 heavy (non-hydrogen) atoms. The first kappa shape index (κ1) is 16.4. The van der Waals surface area contributed by atoms with Gasteiger partial charge in [0.25, 0.3) is 0 Å². The van der Waals surface area contributed by atoms with Crippen molar-refractivity contribution < 1.29 is 4.21 Å². The fourth-order valence-corrected chi connectivity index (χ4v) is 2.98. The number of hydrogen-bond donors (Lipinski definition) is 1. The largest absolute Gasteiger partial charge is 0.251 e. The molecule has 0 aliphatic heterocycles. The minimum Gasteiger partial charge on any atom is -0.251 e. The Hall–Kier alpha value is -0.970. The topological polar surface area (TPSA) is 43.1 Å². The Kier molecular flexibility index (Phi) is 5.36. The van der Waals surface area contributed by atoms with Crippen molar-refractivity contribution in [2.24, 2.45) is 5.14 Å². The third kappa shape index (κ3) is 4.25. The summed E-state index contributed by atoms with van der Waals surface area (Å²) in [6, 6.07) is 18.6. The highest BCUT2D eigenvalue weighted by Crippen LogP contribution is 2.34. The van der Waals surface area contributed by atoms with Crippen LogP contribution in [0, 0.1) is 0 Å². The Bertz CT molecular complexity index is 610. The summed E-state index contributed by atoms with van der Waals surface area (Å²) in [6.07, 6.45) is 0.738. The van der Waals surface area contributed by atoms with Crippen LogP contribution in [0.5, 0.6) is 0 Å². The average molecular weight is 366 g/mol. The van der Waals surface area contributed by atoms with Crippen LogP contribution in [0.2, 0.25) is 0 Å². The van der Waals surface area contributed by atoms with E-state index < -0.39 is 15.7 Å². The van der Waals surface area contributed by atoms with Crippen LogP contribution in [0.15, 0.2) is 59.1 Å². The summed E-state index contributed by atoms with van der Waals surface area (Å²) in [6.45, 7) is 3.91. The summed E-state index contributed by atoms with van der Waals surface area (Å²) in [5.74, 6) is 0.182. The van der Waals surface area contributed by atoms with Gasteiger partial charge in [-0.1, -0.05) is 58.4 Å². The fraction of sp³-hybridized carbons (Fsp3) is 0.294. The molecule has 0 amide bonds. The molecule has 0 aromatic heterocycles. The Balaban J connectivity index is 2.40. The molecule has 2 aromatic carbocycles. The third-order valence-corrected chi connectivity index (χ3v) is 5.50. The molecule has 1 unspecified atom stereocenters. The minimum atomic E-state index is -1.36. The van der Waals surface area contributed by atoms with Crippen molar-refractivity contribution in [3.05, 3.63) is 70.2 Å². The van der Waals surface area contributed by atoms with Gasteiger partial charge >= 0.3 is 0 Å². The fourth-order valence-electron chi connectivity index (χ4n) is 2.38. The average Bonchev–Trinajstić information content (AvgIpc) is 2.47. The van der Waals surface area contributed by atoms with E-state index in [9.17, 15) is 4.21 Å². The second-order valence-electron chi connectivity index (χ2n) is 5.78. The van der Waals surface area contributed by atoms with Gasteiger partial charge in [-0.15, -0.1) is 0 Å². The highest BCUT2D eigenvalue weighted by molar-refractivity contribution is 9.10. The van der Waals surface area contributed by atoms with Crippen LogP contribution >= 0.6 is 15.9 Å². The van der Waals surface area contributed by atoms with E-state index in [0.29, 0.717) is 0 Å². The van der Waals surface area contributed by atoms with Gasteiger partial charge < -0.3 is 0 Å². The van der Waals surface area contributed by atoms with Crippen LogP contribution in [-0.4, -0.2) is 8.96 Å². The molecule has 0 bridgehead atoms. The SMILES string of the molecule is CC(C)(C[C@H](c1ccccc1)c1ccc(Br)cc1)S(N)=O. The van der Waals surface area contributed by atoms with Crippen molar-refractivity contribution in [3.8, 4) is 0 Å². The molecule has 0 aliphatic rings. The number of halogens is 1. The lowest BCUT2D eigenvalue weighted by Gasteiger charge is -2.28. The molecular weight excluding hydrogens is 346 g/mol. The first-order valence-electron chi connectivity index (χ1n) is 6.87. The molecule has 2 rings (SSSR count). The van der Waals surface area contributed by atoms with Gasteiger partial charge in [-0.2, -0.15) is 0 Å². The number of nitrogens with two attached hydrogens (primary N) is 1. The lowest BCUT2D eigenvalue weighted by molar-refractivity contribution is 0.556. The van der Waals surface area contributed by atoms with E-state index in [1.54, 1.807) is 0 Å². The van der Waals surface area contributed by atoms with Crippen LogP contribution in [0.3, 0.4) is 0 Å². The minimum absolute atomic E-state index is 0.182. The Morgan fingerprint density at radius 2 is 1.57 bits per heavy atom. The molecule has 2 nitrogen and oxygen atoms in total. The quantitative estimate of drug-likeness (QED) is 0.839. The van der Waals surface area contributed by atoms with Crippen LogP contribution < -0.4 is 5.14 Å². The predicted molar refractivity (Wildman–Crippen MR) is 93.5 cm³/mol. The summed E-state index contributed by atoms with van der Waals surface area (Å²) < 4.78 is 12.4. The second-order valence-corrected chi connectivity index (χ2v) is 8.39. The molecule has 0 saturated carbocycles. The zero-order chi connectivity index (χ0) is 15.5.